The second-order valence-electron chi connectivity index (χ2n) is 5.20. The molecule has 25 heavy (non-hydrogen) atoms. The number of methoxy groups -OCH3 is 2. The Kier molecular flexibility index (Phi) is 5.04. The zero-order valence-electron chi connectivity index (χ0n) is 14.2. The van der Waals surface area contributed by atoms with Crippen LogP contribution < -0.4 is 19.0 Å². The first-order valence-electron chi connectivity index (χ1n) is 7.60. The highest BCUT2D eigenvalue weighted by Gasteiger charge is 2.14. The predicted octanol–water partition coefficient (Wildman–Crippen LogP) is 2.76. The Hall–Kier alpha value is -2.80. The maximum absolute atomic E-state index is 12.2. The van der Waals surface area contributed by atoms with Crippen LogP contribution in [-0.4, -0.2) is 31.3 Å². The second kappa shape index (κ2) is 7.40. The number of hydrogen-bond acceptors (Lipinski definition) is 5. The fourth-order valence-electron chi connectivity index (χ4n) is 2.43. The molecule has 7 heteroatoms. The fourth-order valence-corrected chi connectivity index (χ4v) is 3.57. The molecule has 0 saturated carbocycles. The van der Waals surface area contributed by atoms with Crippen LogP contribution in [0.25, 0.3) is 10.2 Å². The Balaban J connectivity index is 1.93. The molecule has 0 fully saturated rings. The van der Waals surface area contributed by atoms with E-state index in [-0.39, 0.29) is 12.5 Å². The number of nitrogens with zero attached hydrogens (tertiary/aromatic N) is 2. The highest BCUT2D eigenvalue weighted by atomic mass is 32.1. The van der Waals surface area contributed by atoms with Crippen molar-refractivity contribution in [1.29, 1.82) is 0 Å². The lowest BCUT2D eigenvalue weighted by atomic mass is 10.3. The molecule has 0 unspecified atom stereocenters. The summed E-state index contributed by atoms with van der Waals surface area (Å²) >= 11 is 1.37. The van der Waals surface area contributed by atoms with Gasteiger partial charge in [0.25, 0.3) is 5.91 Å². The summed E-state index contributed by atoms with van der Waals surface area (Å²) in [5, 5.41) is 0. The summed E-state index contributed by atoms with van der Waals surface area (Å²) in [4.78, 5) is 16.9. The average molecular weight is 358 g/mol. The van der Waals surface area contributed by atoms with Crippen LogP contribution in [0.4, 0.5) is 0 Å². The number of fused-ring (bicyclic) bond motifs is 1. The molecule has 1 heterocycles. The standard InChI is InChI=1S/C18H18N2O4S/c1-20-16-13(22-2)9-10-14(23-3)17(16)25-18(20)19-15(21)11-24-12-7-5-4-6-8-12/h4-10H,11H2,1-3H3. The van der Waals surface area contributed by atoms with Gasteiger partial charge in [-0.1, -0.05) is 29.5 Å². The average Bonchev–Trinajstić information content (AvgIpc) is 2.97. The molecule has 0 aliphatic rings. The molecule has 2 aromatic carbocycles. The van der Waals surface area contributed by atoms with E-state index in [4.69, 9.17) is 14.2 Å². The monoisotopic (exact) mass is 358 g/mol. The van der Waals surface area contributed by atoms with Crippen molar-refractivity contribution < 1.29 is 19.0 Å². The zero-order chi connectivity index (χ0) is 17.8. The van der Waals surface area contributed by atoms with Crippen molar-refractivity contribution in [3.8, 4) is 17.2 Å². The molecule has 1 amide bonds. The van der Waals surface area contributed by atoms with Gasteiger partial charge in [-0.3, -0.25) is 4.79 Å². The second-order valence-corrected chi connectivity index (χ2v) is 6.18. The van der Waals surface area contributed by atoms with Gasteiger partial charge >= 0.3 is 0 Å². The van der Waals surface area contributed by atoms with Gasteiger partial charge in [-0.05, 0) is 24.3 Å². The lowest BCUT2D eigenvalue weighted by Gasteiger charge is -2.06. The molecule has 0 radical (unpaired) electrons. The number of aromatic nitrogens is 1. The summed E-state index contributed by atoms with van der Waals surface area (Å²) in [7, 11) is 5.05. The number of aryl methyl sites for hydroxylation is 1. The molecule has 3 rings (SSSR count). The number of carbonyl (C=O) groups excluding carboxylic acids is 1. The minimum absolute atomic E-state index is 0.119. The number of hydrogen-bond donors (Lipinski definition) is 0. The lowest BCUT2D eigenvalue weighted by Crippen LogP contribution is -2.17. The number of rotatable bonds is 5. The number of ether oxygens (including phenoxy) is 3. The SMILES string of the molecule is COc1ccc(OC)c2c1sc(=NC(=O)COc1ccccc1)n2C. The first-order valence-corrected chi connectivity index (χ1v) is 8.41. The van der Waals surface area contributed by atoms with Crippen molar-refractivity contribution in [2.45, 2.75) is 0 Å². The molecule has 130 valence electrons. The quantitative estimate of drug-likeness (QED) is 0.704. The Labute approximate surface area is 148 Å². The van der Waals surface area contributed by atoms with E-state index in [1.165, 1.54) is 11.3 Å². The Bertz CT molecular complexity index is 960. The van der Waals surface area contributed by atoms with Crippen molar-refractivity contribution in [3.05, 3.63) is 47.3 Å². The topological polar surface area (TPSA) is 62.1 Å². The maximum atomic E-state index is 12.2. The third-order valence-electron chi connectivity index (χ3n) is 3.64. The molecular formula is C18H18N2O4S. The highest BCUT2D eigenvalue weighted by Crippen LogP contribution is 2.34. The summed E-state index contributed by atoms with van der Waals surface area (Å²) in [6.45, 7) is -0.119. The number of para-hydroxylation sites is 1. The van der Waals surface area contributed by atoms with Gasteiger partial charge in [0.15, 0.2) is 11.4 Å². The molecule has 0 N–H and O–H groups in total. The first-order chi connectivity index (χ1) is 12.1. The Morgan fingerprint density at radius 1 is 1.08 bits per heavy atom. The van der Waals surface area contributed by atoms with Gasteiger partial charge in [0, 0.05) is 7.05 Å². The smallest absolute Gasteiger partial charge is 0.286 e. The number of carbonyl (C=O) groups is 1. The van der Waals surface area contributed by atoms with E-state index in [0.29, 0.717) is 22.0 Å². The van der Waals surface area contributed by atoms with Crippen LogP contribution in [0.1, 0.15) is 0 Å². The van der Waals surface area contributed by atoms with E-state index in [0.717, 1.165) is 10.2 Å². The molecule has 0 bridgehead atoms. The summed E-state index contributed by atoms with van der Waals surface area (Å²) in [6.07, 6.45) is 0. The number of thiazole rings is 1. The largest absolute Gasteiger partial charge is 0.495 e. The van der Waals surface area contributed by atoms with Crippen LogP contribution in [0.5, 0.6) is 17.2 Å². The van der Waals surface area contributed by atoms with Gasteiger partial charge in [-0.25, -0.2) is 0 Å². The van der Waals surface area contributed by atoms with Crippen molar-refractivity contribution in [1.82, 2.24) is 4.57 Å². The molecule has 1 aromatic heterocycles. The zero-order valence-corrected chi connectivity index (χ0v) is 15.0. The van der Waals surface area contributed by atoms with E-state index in [2.05, 4.69) is 4.99 Å². The van der Waals surface area contributed by atoms with E-state index >= 15 is 0 Å². The van der Waals surface area contributed by atoms with Gasteiger partial charge in [0.1, 0.15) is 27.5 Å². The summed E-state index contributed by atoms with van der Waals surface area (Å²) in [6, 6.07) is 12.8. The van der Waals surface area contributed by atoms with Crippen LogP contribution in [0.15, 0.2) is 47.5 Å². The van der Waals surface area contributed by atoms with Crippen LogP contribution >= 0.6 is 11.3 Å². The fraction of sp³-hybridized carbons (Fsp3) is 0.222. The first kappa shape index (κ1) is 17.0. The van der Waals surface area contributed by atoms with Crippen LogP contribution in [0.2, 0.25) is 0 Å². The van der Waals surface area contributed by atoms with E-state index in [9.17, 15) is 4.79 Å². The van der Waals surface area contributed by atoms with Crippen molar-refractivity contribution in [3.63, 3.8) is 0 Å². The minimum Gasteiger partial charge on any atom is -0.495 e. The van der Waals surface area contributed by atoms with Gasteiger partial charge < -0.3 is 18.8 Å². The third kappa shape index (κ3) is 3.51. The molecular weight excluding hydrogens is 340 g/mol. The van der Waals surface area contributed by atoms with Crippen LogP contribution in [-0.2, 0) is 11.8 Å². The highest BCUT2D eigenvalue weighted by molar-refractivity contribution is 7.16. The van der Waals surface area contributed by atoms with E-state index < -0.39 is 0 Å². The van der Waals surface area contributed by atoms with Crippen LogP contribution in [0, 0.1) is 0 Å². The third-order valence-corrected chi connectivity index (χ3v) is 4.79. The van der Waals surface area contributed by atoms with E-state index in [1.807, 2.05) is 41.9 Å². The molecule has 6 nitrogen and oxygen atoms in total. The van der Waals surface area contributed by atoms with Crippen molar-refractivity contribution in [2.24, 2.45) is 12.0 Å². The Morgan fingerprint density at radius 3 is 2.44 bits per heavy atom. The summed E-state index contributed by atoms with van der Waals surface area (Å²) in [5.74, 6) is 1.69. The van der Waals surface area contributed by atoms with E-state index in [1.54, 1.807) is 26.4 Å². The molecule has 0 spiro atoms. The Morgan fingerprint density at radius 2 is 1.76 bits per heavy atom. The molecule has 3 aromatic rings. The normalized spacial score (nSPS) is 11.6. The van der Waals surface area contributed by atoms with Gasteiger partial charge in [0.2, 0.25) is 0 Å². The molecule has 0 aliphatic carbocycles. The van der Waals surface area contributed by atoms with Gasteiger partial charge in [0.05, 0.1) is 14.2 Å². The molecule has 0 saturated heterocycles. The molecule has 0 aliphatic heterocycles. The summed E-state index contributed by atoms with van der Waals surface area (Å²) < 4.78 is 18.9. The number of benzene rings is 2. The van der Waals surface area contributed by atoms with Crippen molar-refractivity contribution >= 4 is 27.5 Å². The molecule has 0 atom stereocenters. The van der Waals surface area contributed by atoms with Gasteiger partial charge in [-0.2, -0.15) is 4.99 Å². The summed E-state index contributed by atoms with van der Waals surface area (Å²) in [5.41, 5.74) is 0.836. The maximum Gasteiger partial charge on any atom is 0.286 e. The lowest BCUT2D eigenvalue weighted by molar-refractivity contribution is -0.120. The van der Waals surface area contributed by atoms with Crippen molar-refractivity contribution in [2.75, 3.05) is 20.8 Å². The number of amides is 1. The van der Waals surface area contributed by atoms with Crippen LogP contribution in [0.3, 0.4) is 0 Å². The van der Waals surface area contributed by atoms with Gasteiger partial charge in [-0.15, -0.1) is 0 Å². The predicted molar refractivity (Wildman–Crippen MR) is 96.4 cm³/mol. The minimum atomic E-state index is -0.357.